The van der Waals surface area contributed by atoms with E-state index in [2.05, 4.69) is 0 Å². The van der Waals surface area contributed by atoms with Crippen molar-refractivity contribution in [2.45, 2.75) is 0 Å². The molecule has 7 nitrogen and oxygen atoms in total. The van der Waals surface area contributed by atoms with Gasteiger partial charge in [-0.15, -0.1) is 0 Å². The quantitative estimate of drug-likeness (QED) is 0.667. The highest BCUT2D eigenvalue weighted by atomic mass is 16.5. The van der Waals surface area contributed by atoms with Crippen LogP contribution in [0.15, 0.2) is 42.6 Å². The van der Waals surface area contributed by atoms with Gasteiger partial charge in [0, 0.05) is 6.07 Å². The Morgan fingerprint density at radius 1 is 1.00 bits per heavy atom. The van der Waals surface area contributed by atoms with Gasteiger partial charge in [0.1, 0.15) is 36.3 Å². The largest absolute Gasteiger partial charge is 0.496 e. The molecule has 1 aromatic heterocycles. The van der Waals surface area contributed by atoms with Gasteiger partial charge < -0.3 is 19.6 Å². The van der Waals surface area contributed by atoms with E-state index in [-0.39, 0.29) is 5.91 Å². The minimum absolute atomic E-state index is 0.112. The van der Waals surface area contributed by atoms with Gasteiger partial charge in [0.15, 0.2) is 0 Å². The number of anilines is 1. The molecule has 0 bridgehead atoms. The lowest BCUT2D eigenvalue weighted by Crippen LogP contribution is -2.52. The minimum Gasteiger partial charge on any atom is -0.496 e. The van der Waals surface area contributed by atoms with Gasteiger partial charge in [0.05, 0.1) is 27.3 Å². The Morgan fingerprint density at radius 2 is 1.64 bits per heavy atom. The molecule has 2 aromatic rings. The lowest BCUT2D eigenvalue weighted by atomic mass is 10.1. The first-order valence-corrected chi connectivity index (χ1v) is 8.11. The van der Waals surface area contributed by atoms with E-state index in [1.807, 2.05) is 17.0 Å². The summed E-state index contributed by atoms with van der Waals surface area (Å²) in [4.78, 5) is 16.8. The third-order valence-corrected chi connectivity index (χ3v) is 4.35. The second-order valence-corrected chi connectivity index (χ2v) is 5.72. The molecule has 1 aliphatic rings. The molecule has 1 aliphatic heterocycles. The Balaban J connectivity index is 1.76. The van der Waals surface area contributed by atoms with Crippen molar-refractivity contribution in [2.75, 3.05) is 45.3 Å². The molecule has 25 heavy (non-hydrogen) atoms. The Kier molecular flexibility index (Phi) is 4.92. The molecular formula is C18H22N3O4+. The number of piperazine rings is 1. The fraction of sp³-hybridized carbons (Fsp3) is 0.333. The fourth-order valence-electron chi connectivity index (χ4n) is 3.03. The molecule has 0 aliphatic carbocycles. The predicted molar refractivity (Wildman–Crippen MR) is 91.5 cm³/mol. The van der Waals surface area contributed by atoms with Crippen LogP contribution in [0.3, 0.4) is 0 Å². The van der Waals surface area contributed by atoms with Gasteiger partial charge in [-0.25, -0.2) is 0 Å². The number of aromatic nitrogens is 1. The Bertz CT molecular complexity index is 735. The number of methoxy groups -OCH3 is 2. The maximum absolute atomic E-state index is 13.0. The second kappa shape index (κ2) is 7.29. The molecule has 0 saturated carbocycles. The highest BCUT2D eigenvalue weighted by Crippen LogP contribution is 2.30. The zero-order valence-corrected chi connectivity index (χ0v) is 14.4. The van der Waals surface area contributed by atoms with E-state index >= 15 is 0 Å². The molecular weight excluding hydrogens is 322 g/mol. The highest BCUT2D eigenvalue weighted by molar-refractivity contribution is 5.99. The predicted octanol–water partition coefficient (Wildman–Crippen LogP) is 1.19. The molecule has 0 spiro atoms. The van der Waals surface area contributed by atoms with E-state index in [0.717, 1.165) is 4.73 Å². The first-order valence-electron chi connectivity index (χ1n) is 8.11. The monoisotopic (exact) mass is 344 g/mol. The number of hydrogen-bond acceptors (Lipinski definition) is 5. The third-order valence-electron chi connectivity index (χ3n) is 4.35. The molecule has 2 heterocycles. The number of hydrogen-bond donors (Lipinski definition) is 1. The Hall–Kier alpha value is -2.96. The van der Waals surface area contributed by atoms with E-state index in [1.165, 1.54) is 0 Å². The summed E-state index contributed by atoms with van der Waals surface area (Å²) in [6.07, 6.45) is 1.59. The minimum atomic E-state index is -0.112. The lowest BCUT2D eigenvalue weighted by Gasteiger charge is -2.31. The van der Waals surface area contributed by atoms with Crippen molar-refractivity contribution in [1.29, 1.82) is 0 Å². The summed E-state index contributed by atoms with van der Waals surface area (Å²) in [5, 5.41) is 9.91. The summed E-state index contributed by atoms with van der Waals surface area (Å²) in [5.74, 6) is 1.61. The number of rotatable bonds is 4. The van der Waals surface area contributed by atoms with Crippen LogP contribution in [0.25, 0.3) is 0 Å². The molecule has 0 unspecified atom stereocenters. The zero-order chi connectivity index (χ0) is 17.8. The van der Waals surface area contributed by atoms with Crippen LogP contribution in [-0.4, -0.2) is 56.4 Å². The fourth-order valence-corrected chi connectivity index (χ4v) is 3.03. The van der Waals surface area contributed by atoms with Gasteiger partial charge in [-0.3, -0.25) is 9.69 Å². The van der Waals surface area contributed by atoms with Crippen molar-refractivity contribution in [1.82, 2.24) is 4.90 Å². The zero-order valence-electron chi connectivity index (χ0n) is 14.4. The number of pyridine rings is 1. The van der Waals surface area contributed by atoms with Crippen molar-refractivity contribution in [3.05, 3.63) is 48.2 Å². The van der Waals surface area contributed by atoms with Crippen LogP contribution in [0, 0.1) is 0 Å². The van der Waals surface area contributed by atoms with Crippen molar-refractivity contribution in [2.24, 2.45) is 0 Å². The van der Waals surface area contributed by atoms with Crippen LogP contribution >= 0.6 is 0 Å². The van der Waals surface area contributed by atoms with Crippen molar-refractivity contribution >= 4 is 11.7 Å². The summed E-state index contributed by atoms with van der Waals surface area (Å²) in [6, 6.07) is 10.8. The van der Waals surface area contributed by atoms with Crippen LogP contribution in [0.5, 0.6) is 11.5 Å². The van der Waals surface area contributed by atoms with Crippen molar-refractivity contribution < 1.29 is 24.2 Å². The molecule has 132 valence electrons. The Morgan fingerprint density at radius 3 is 2.20 bits per heavy atom. The summed E-state index contributed by atoms with van der Waals surface area (Å²) in [6.45, 7) is 2.37. The van der Waals surface area contributed by atoms with Crippen LogP contribution in [0.2, 0.25) is 0 Å². The maximum atomic E-state index is 13.0. The van der Waals surface area contributed by atoms with Gasteiger partial charge in [-0.05, 0) is 18.2 Å². The van der Waals surface area contributed by atoms with E-state index < -0.39 is 0 Å². The van der Waals surface area contributed by atoms with Crippen LogP contribution < -0.4 is 19.1 Å². The van der Waals surface area contributed by atoms with Gasteiger partial charge in [-0.2, -0.15) is 0 Å². The van der Waals surface area contributed by atoms with E-state index in [4.69, 9.17) is 9.47 Å². The summed E-state index contributed by atoms with van der Waals surface area (Å²) < 4.78 is 11.8. The van der Waals surface area contributed by atoms with Gasteiger partial charge >= 0.3 is 5.82 Å². The van der Waals surface area contributed by atoms with Crippen molar-refractivity contribution in [3.8, 4) is 11.5 Å². The van der Waals surface area contributed by atoms with Gasteiger partial charge in [0.2, 0.25) is 0 Å². The molecule has 0 radical (unpaired) electrons. The molecule has 1 N–H and O–H groups in total. The topological polar surface area (TPSA) is 66.1 Å². The Labute approximate surface area is 146 Å². The van der Waals surface area contributed by atoms with Crippen LogP contribution in [-0.2, 0) is 0 Å². The summed E-state index contributed by atoms with van der Waals surface area (Å²) in [7, 11) is 3.08. The smallest absolute Gasteiger partial charge is 0.316 e. The standard InChI is InChI=1S/C18H22N3O4/c1-24-14-6-5-7-15(25-2)17(14)18(22)20-12-10-19(11-13-20)16-8-3-4-9-21(16)23/h3-9,23H,10-13H2,1-2H3/q+1. The molecule has 3 rings (SSSR count). The number of carbonyl (C=O) groups is 1. The second-order valence-electron chi connectivity index (χ2n) is 5.72. The van der Waals surface area contributed by atoms with Crippen LogP contribution in [0.1, 0.15) is 10.4 Å². The average Bonchev–Trinajstić information content (AvgIpc) is 2.67. The number of benzene rings is 1. The number of carbonyl (C=O) groups excluding carboxylic acids is 1. The molecule has 1 saturated heterocycles. The lowest BCUT2D eigenvalue weighted by molar-refractivity contribution is -0.894. The first-order chi connectivity index (χ1) is 12.2. The molecule has 7 heteroatoms. The first kappa shape index (κ1) is 16.9. The SMILES string of the molecule is COc1cccc(OC)c1C(=O)N1CCN(c2cccc[n+]2O)CC1. The van der Waals surface area contributed by atoms with Gasteiger partial charge in [0.25, 0.3) is 5.91 Å². The number of nitrogens with zero attached hydrogens (tertiary/aromatic N) is 3. The van der Waals surface area contributed by atoms with Gasteiger partial charge in [-0.1, -0.05) is 16.9 Å². The number of amides is 1. The molecule has 0 atom stereocenters. The summed E-state index contributed by atoms with van der Waals surface area (Å²) >= 11 is 0. The maximum Gasteiger partial charge on any atom is 0.316 e. The highest BCUT2D eigenvalue weighted by Gasteiger charge is 2.30. The normalized spacial score (nSPS) is 14.3. The van der Waals surface area contributed by atoms with Crippen LogP contribution in [0.4, 0.5) is 5.82 Å². The van der Waals surface area contributed by atoms with E-state index in [9.17, 15) is 10.0 Å². The molecule has 1 amide bonds. The summed E-state index contributed by atoms with van der Waals surface area (Å²) in [5.41, 5.74) is 0.442. The molecule has 1 fully saturated rings. The van der Waals surface area contributed by atoms with E-state index in [1.54, 1.807) is 49.6 Å². The van der Waals surface area contributed by atoms with Crippen molar-refractivity contribution in [3.63, 3.8) is 0 Å². The average molecular weight is 344 g/mol. The molecule has 1 aromatic carbocycles. The third kappa shape index (κ3) is 3.31. The number of ether oxygens (including phenoxy) is 2. The van der Waals surface area contributed by atoms with E-state index in [0.29, 0.717) is 49.1 Å².